The van der Waals surface area contributed by atoms with E-state index in [1.165, 1.54) is 5.56 Å². The quantitative estimate of drug-likeness (QED) is 0.850. The highest BCUT2D eigenvalue weighted by Gasteiger charge is 2.34. The summed E-state index contributed by atoms with van der Waals surface area (Å²) in [6.07, 6.45) is 0. The molecule has 1 atom stereocenters. The molecule has 2 heterocycles. The van der Waals surface area contributed by atoms with Gasteiger partial charge >= 0.3 is 0 Å². The van der Waals surface area contributed by atoms with Crippen LogP contribution in [0.25, 0.3) is 0 Å². The summed E-state index contributed by atoms with van der Waals surface area (Å²) in [4.78, 5) is 14.2. The fourth-order valence-corrected chi connectivity index (χ4v) is 3.89. The van der Waals surface area contributed by atoms with Gasteiger partial charge in [0.15, 0.2) is 11.5 Å². The molecule has 4 rings (SSSR count). The molecular weight excluding hydrogens is 298 g/mol. The number of benzene rings is 2. The van der Waals surface area contributed by atoms with Crippen molar-refractivity contribution in [2.75, 3.05) is 17.4 Å². The van der Waals surface area contributed by atoms with Crippen LogP contribution in [0, 0.1) is 6.92 Å². The third kappa shape index (κ3) is 2.22. The Morgan fingerprint density at radius 1 is 1.09 bits per heavy atom. The van der Waals surface area contributed by atoms with Gasteiger partial charge in [0.1, 0.15) is 5.37 Å². The van der Waals surface area contributed by atoms with Crippen molar-refractivity contribution in [2.45, 2.75) is 12.3 Å². The minimum Gasteiger partial charge on any atom is -0.454 e. The molecule has 4 nitrogen and oxygen atoms in total. The van der Waals surface area contributed by atoms with Gasteiger partial charge in [-0.15, -0.1) is 11.8 Å². The Balaban J connectivity index is 1.71. The van der Waals surface area contributed by atoms with Gasteiger partial charge in [0.05, 0.1) is 5.75 Å². The summed E-state index contributed by atoms with van der Waals surface area (Å²) in [6.45, 7) is 2.30. The summed E-state index contributed by atoms with van der Waals surface area (Å²) in [5, 5.41) is -0.0234. The summed E-state index contributed by atoms with van der Waals surface area (Å²) < 4.78 is 10.8. The number of thioether (sulfide) groups is 1. The largest absolute Gasteiger partial charge is 0.454 e. The van der Waals surface area contributed by atoms with Crippen molar-refractivity contribution in [3.63, 3.8) is 0 Å². The first kappa shape index (κ1) is 13.5. The predicted octanol–water partition coefficient (Wildman–Crippen LogP) is 3.50. The fourth-order valence-electron chi connectivity index (χ4n) is 2.72. The van der Waals surface area contributed by atoms with Crippen LogP contribution in [0.3, 0.4) is 0 Å². The van der Waals surface area contributed by atoms with Gasteiger partial charge in [0.25, 0.3) is 0 Å². The molecule has 0 radical (unpaired) electrons. The Morgan fingerprint density at radius 2 is 1.86 bits per heavy atom. The van der Waals surface area contributed by atoms with Gasteiger partial charge in [-0.25, -0.2) is 0 Å². The number of hydrogen-bond acceptors (Lipinski definition) is 4. The molecule has 1 amide bonds. The van der Waals surface area contributed by atoms with Crippen LogP contribution in [0.1, 0.15) is 16.5 Å². The molecule has 112 valence electrons. The van der Waals surface area contributed by atoms with Crippen LogP contribution in [0.5, 0.6) is 11.5 Å². The number of nitrogens with zero attached hydrogens (tertiary/aromatic N) is 1. The first-order valence-electron chi connectivity index (χ1n) is 7.12. The average molecular weight is 313 g/mol. The maximum atomic E-state index is 12.3. The molecule has 1 saturated heterocycles. The average Bonchev–Trinajstić information content (AvgIpc) is 3.14. The Kier molecular flexibility index (Phi) is 3.22. The zero-order chi connectivity index (χ0) is 15.1. The van der Waals surface area contributed by atoms with Crippen molar-refractivity contribution in [1.29, 1.82) is 0 Å². The molecule has 0 unspecified atom stereocenters. The molecule has 0 aliphatic carbocycles. The van der Waals surface area contributed by atoms with E-state index in [-0.39, 0.29) is 18.1 Å². The van der Waals surface area contributed by atoms with Crippen LogP contribution in [0.2, 0.25) is 0 Å². The maximum Gasteiger partial charge on any atom is 0.238 e. The Morgan fingerprint density at radius 3 is 2.68 bits per heavy atom. The number of amides is 1. The first-order valence-corrected chi connectivity index (χ1v) is 8.17. The molecule has 0 saturated carbocycles. The van der Waals surface area contributed by atoms with E-state index in [9.17, 15) is 4.79 Å². The van der Waals surface area contributed by atoms with Gasteiger partial charge in [-0.05, 0) is 36.8 Å². The number of rotatable bonds is 2. The Labute approximate surface area is 133 Å². The maximum absolute atomic E-state index is 12.3. The van der Waals surface area contributed by atoms with Gasteiger partial charge < -0.3 is 9.47 Å². The summed E-state index contributed by atoms with van der Waals surface area (Å²) in [7, 11) is 0. The molecule has 0 aromatic heterocycles. The van der Waals surface area contributed by atoms with E-state index in [4.69, 9.17) is 9.47 Å². The van der Waals surface area contributed by atoms with Gasteiger partial charge in [-0.3, -0.25) is 9.69 Å². The second-order valence-electron chi connectivity index (χ2n) is 5.38. The number of hydrogen-bond donors (Lipinski definition) is 0. The predicted molar refractivity (Wildman–Crippen MR) is 86.4 cm³/mol. The molecule has 0 N–H and O–H groups in total. The highest BCUT2D eigenvalue weighted by Crippen LogP contribution is 2.44. The lowest BCUT2D eigenvalue weighted by Gasteiger charge is -2.24. The smallest absolute Gasteiger partial charge is 0.238 e. The minimum atomic E-state index is -0.0234. The molecular formula is C17H15NO3S. The highest BCUT2D eigenvalue weighted by molar-refractivity contribution is 8.00. The third-order valence-electron chi connectivity index (χ3n) is 3.86. The Hall–Kier alpha value is -2.14. The lowest BCUT2D eigenvalue weighted by atomic mass is 10.1. The number of ether oxygens (including phenoxy) is 2. The normalized spacial score (nSPS) is 19.8. The van der Waals surface area contributed by atoms with Crippen LogP contribution >= 0.6 is 11.8 Å². The topological polar surface area (TPSA) is 38.8 Å². The lowest BCUT2D eigenvalue weighted by molar-refractivity contribution is -0.115. The second-order valence-corrected chi connectivity index (χ2v) is 6.44. The SMILES string of the molecule is Cc1ccc(N2C(=O)CS[C@@H]2c2ccc3c(c2)OCO3)cc1. The number of carbonyl (C=O) groups excluding carboxylic acids is 1. The van der Waals surface area contributed by atoms with E-state index >= 15 is 0 Å². The van der Waals surface area contributed by atoms with Gasteiger partial charge in [-0.1, -0.05) is 23.8 Å². The summed E-state index contributed by atoms with van der Waals surface area (Å²) in [6, 6.07) is 13.9. The molecule has 2 aliphatic rings. The number of carbonyl (C=O) groups is 1. The highest BCUT2D eigenvalue weighted by atomic mass is 32.2. The van der Waals surface area contributed by atoms with Crippen LogP contribution in [-0.4, -0.2) is 18.5 Å². The number of fused-ring (bicyclic) bond motifs is 1. The van der Waals surface area contributed by atoms with Crippen LogP contribution < -0.4 is 14.4 Å². The van der Waals surface area contributed by atoms with Gasteiger partial charge in [-0.2, -0.15) is 0 Å². The summed E-state index contributed by atoms with van der Waals surface area (Å²) in [5.41, 5.74) is 3.17. The summed E-state index contributed by atoms with van der Waals surface area (Å²) >= 11 is 1.64. The fraction of sp³-hybridized carbons (Fsp3) is 0.235. The van der Waals surface area contributed by atoms with Crippen molar-refractivity contribution in [1.82, 2.24) is 0 Å². The zero-order valence-corrected chi connectivity index (χ0v) is 12.9. The molecule has 2 aromatic rings. The van der Waals surface area contributed by atoms with Crippen LogP contribution in [0.4, 0.5) is 5.69 Å². The molecule has 22 heavy (non-hydrogen) atoms. The van der Waals surface area contributed by atoms with E-state index in [0.717, 1.165) is 22.7 Å². The standard InChI is InChI=1S/C17H15NO3S/c1-11-2-5-13(6-3-11)18-16(19)9-22-17(18)12-4-7-14-15(8-12)21-10-20-14/h2-8,17H,9-10H2,1H3/t17-/m1/s1. The van der Waals surface area contributed by atoms with Crippen molar-refractivity contribution in [3.05, 3.63) is 53.6 Å². The van der Waals surface area contributed by atoms with Crippen molar-refractivity contribution < 1.29 is 14.3 Å². The monoisotopic (exact) mass is 313 g/mol. The molecule has 0 bridgehead atoms. The van der Waals surface area contributed by atoms with Crippen molar-refractivity contribution in [3.8, 4) is 11.5 Å². The summed E-state index contributed by atoms with van der Waals surface area (Å²) in [5.74, 6) is 2.14. The molecule has 0 spiro atoms. The molecule has 2 aliphatic heterocycles. The lowest BCUT2D eigenvalue weighted by Crippen LogP contribution is -2.27. The minimum absolute atomic E-state index is 0.0234. The van der Waals surface area contributed by atoms with Gasteiger partial charge in [0.2, 0.25) is 12.7 Å². The van der Waals surface area contributed by atoms with E-state index in [0.29, 0.717) is 5.75 Å². The second kappa shape index (κ2) is 5.25. The molecule has 1 fully saturated rings. The van der Waals surface area contributed by atoms with E-state index in [2.05, 4.69) is 0 Å². The molecule has 2 aromatic carbocycles. The van der Waals surface area contributed by atoms with Gasteiger partial charge in [0, 0.05) is 5.69 Å². The first-order chi connectivity index (χ1) is 10.7. The molecule has 5 heteroatoms. The van der Waals surface area contributed by atoms with E-state index < -0.39 is 0 Å². The third-order valence-corrected chi connectivity index (χ3v) is 5.07. The number of anilines is 1. The van der Waals surface area contributed by atoms with Crippen LogP contribution in [-0.2, 0) is 4.79 Å². The van der Waals surface area contributed by atoms with Crippen LogP contribution in [0.15, 0.2) is 42.5 Å². The van der Waals surface area contributed by atoms with E-state index in [1.807, 2.05) is 54.3 Å². The van der Waals surface area contributed by atoms with E-state index in [1.54, 1.807) is 11.8 Å². The van der Waals surface area contributed by atoms with Crippen molar-refractivity contribution in [2.24, 2.45) is 0 Å². The Bertz CT molecular complexity index is 729. The number of aryl methyl sites for hydroxylation is 1. The van der Waals surface area contributed by atoms with Crippen molar-refractivity contribution >= 4 is 23.4 Å². The zero-order valence-electron chi connectivity index (χ0n) is 12.1.